The third-order valence-corrected chi connectivity index (χ3v) is 3.70. The number of nitrogens with two attached hydrogens (primary N) is 1. The fourth-order valence-electron chi connectivity index (χ4n) is 2.53. The Balaban J connectivity index is 2.24. The predicted molar refractivity (Wildman–Crippen MR) is 85.9 cm³/mol. The van der Waals surface area contributed by atoms with Gasteiger partial charge in [0.25, 0.3) is 0 Å². The minimum Gasteiger partial charge on any atom is -0.493 e. The van der Waals surface area contributed by atoms with E-state index in [4.69, 9.17) is 15.2 Å². The van der Waals surface area contributed by atoms with Crippen molar-refractivity contribution in [1.82, 2.24) is 9.55 Å². The summed E-state index contributed by atoms with van der Waals surface area (Å²) >= 11 is 0. The number of fused-ring (bicyclic) bond motifs is 1. The van der Waals surface area contributed by atoms with Crippen LogP contribution in [-0.2, 0) is 6.54 Å². The number of methoxy groups -OCH3 is 2. The zero-order chi connectivity index (χ0) is 15.4. The SMILES string of the molecule is COc1cc2nc(N)n(CCCCC(C)C)c2cc1OC. The van der Waals surface area contributed by atoms with E-state index in [1.54, 1.807) is 14.2 Å². The molecule has 0 unspecified atom stereocenters. The van der Waals surface area contributed by atoms with Gasteiger partial charge < -0.3 is 19.8 Å². The van der Waals surface area contributed by atoms with Gasteiger partial charge in [-0.3, -0.25) is 0 Å². The summed E-state index contributed by atoms with van der Waals surface area (Å²) in [5.41, 5.74) is 7.89. The minimum absolute atomic E-state index is 0.546. The fraction of sp³-hybridized carbons (Fsp3) is 0.562. The van der Waals surface area contributed by atoms with Gasteiger partial charge in [-0.15, -0.1) is 0 Å². The van der Waals surface area contributed by atoms with Crippen molar-refractivity contribution in [3.63, 3.8) is 0 Å². The predicted octanol–water partition coefficient (Wildman–Crippen LogP) is 3.46. The van der Waals surface area contributed by atoms with E-state index in [0.717, 1.165) is 29.9 Å². The van der Waals surface area contributed by atoms with Crippen LogP contribution in [0.4, 0.5) is 5.95 Å². The van der Waals surface area contributed by atoms with Crippen molar-refractivity contribution < 1.29 is 9.47 Å². The van der Waals surface area contributed by atoms with Crippen LogP contribution in [0.25, 0.3) is 11.0 Å². The first-order chi connectivity index (χ1) is 10.1. The van der Waals surface area contributed by atoms with Crippen LogP contribution in [0.5, 0.6) is 11.5 Å². The van der Waals surface area contributed by atoms with Crippen molar-refractivity contribution in [2.45, 2.75) is 39.7 Å². The van der Waals surface area contributed by atoms with Crippen LogP contribution < -0.4 is 15.2 Å². The van der Waals surface area contributed by atoms with Crippen LogP contribution >= 0.6 is 0 Å². The molecular formula is C16H25N3O2. The second-order valence-electron chi connectivity index (χ2n) is 5.71. The molecule has 5 heteroatoms. The highest BCUT2D eigenvalue weighted by Gasteiger charge is 2.13. The molecule has 21 heavy (non-hydrogen) atoms. The summed E-state index contributed by atoms with van der Waals surface area (Å²) in [4.78, 5) is 4.42. The summed E-state index contributed by atoms with van der Waals surface area (Å²) < 4.78 is 12.7. The molecule has 2 N–H and O–H groups in total. The van der Waals surface area contributed by atoms with E-state index >= 15 is 0 Å². The molecular weight excluding hydrogens is 266 g/mol. The summed E-state index contributed by atoms with van der Waals surface area (Å²) in [5.74, 6) is 2.67. The zero-order valence-corrected chi connectivity index (χ0v) is 13.3. The van der Waals surface area contributed by atoms with Crippen molar-refractivity contribution in [2.24, 2.45) is 5.92 Å². The molecule has 0 spiro atoms. The van der Waals surface area contributed by atoms with Crippen molar-refractivity contribution >= 4 is 17.0 Å². The summed E-state index contributed by atoms with van der Waals surface area (Å²) in [6.07, 6.45) is 3.54. The van der Waals surface area contributed by atoms with E-state index in [-0.39, 0.29) is 0 Å². The van der Waals surface area contributed by atoms with Crippen molar-refractivity contribution in [3.05, 3.63) is 12.1 Å². The van der Waals surface area contributed by atoms with Gasteiger partial charge in [0.1, 0.15) is 0 Å². The summed E-state index contributed by atoms with van der Waals surface area (Å²) in [5, 5.41) is 0. The van der Waals surface area contributed by atoms with Gasteiger partial charge in [0, 0.05) is 18.7 Å². The molecule has 1 aromatic carbocycles. The lowest BCUT2D eigenvalue weighted by molar-refractivity contribution is 0.355. The van der Waals surface area contributed by atoms with Gasteiger partial charge in [0.15, 0.2) is 11.5 Å². The number of rotatable bonds is 7. The highest BCUT2D eigenvalue weighted by Crippen LogP contribution is 2.33. The Bertz CT molecular complexity index is 605. The number of aromatic nitrogens is 2. The summed E-state index contributed by atoms with van der Waals surface area (Å²) in [7, 11) is 3.26. The molecule has 0 saturated heterocycles. The average molecular weight is 291 g/mol. The lowest BCUT2D eigenvalue weighted by atomic mass is 10.1. The first-order valence-corrected chi connectivity index (χ1v) is 7.44. The molecule has 0 aliphatic heterocycles. The standard InChI is InChI=1S/C16H25N3O2/c1-11(2)7-5-6-8-19-13-10-15(21-4)14(20-3)9-12(13)18-16(19)17/h9-11H,5-8H2,1-4H3,(H2,17,18). The van der Waals surface area contributed by atoms with E-state index in [1.807, 2.05) is 12.1 Å². The molecule has 2 rings (SSSR count). The Morgan fingerprint density at radius 3 is 2.43 bits per heavy atom. The fourth-order valence-corrected chi connectivity index (χ4v) is 2.53. The number of nitrogen functional groups attached to an aromatic ring is 1. The topological polar surface area (TPSA) is 62.3 Å². The first-order valence-electron chi connectivity index (χ1n) is 7.44. The monoisotopic (exact) mass is 291 g/mol. The minimum atomic E-state index is 0.546. The van der Waals surface area contributed by atoms with E-state index in [0.29, 0.717) is 17.4 Å². The second-order valence-corrected chi connectivity index (χ2v) is 5.71. The zero-order valence-electron chi connectivity index (χ0n) is 13.3. The van der Waals surface area contributed by atoms with Crippen LogP contribution in [0.1, 0.15) is 33.1 Å². The number of hydrogen-bond acceptors (Lipinski definition) is 4. The van der Waals surface area contributed by atoms with E-state index in [2.05, 4.69) is 23.4 Å². The highest BCUT2D eigenvalue weighted by atomic mass is 16.5. The quantitative estimate of drug-likeness (QED) is 0.793. The Morgan fingerprint density at radius 2 is 1.81 bits per heavy atom. The second kappa shape index (κ2) is 6.70. The first kappa shape index (κ1) is 15.5. The molecule has 0 aliphatic rings. The Kier molecular flexibility index (Phi) is 4.94. The highest BCUT2D eigenvalue weighted by molar-refractivity contribution is 5.82. The smallest absolute Gasteiger partial charge is 0.201 e. The maximum Gasteiger partial charge on any atom is 0.201 e. The number of hydrogen-bond donors (Lipinski definition) is 1. The number of anilines is 1. The van der Waals surface area contributed by atoms with Gasteiger partial charge in [0.2, 0.25) is 5.95 Å². The molecule has 0 bridgehead atoms. The number of unbranched alkanes of at least 4 members (excludes halogenated alkanes) is 1. The van der Waals surface area contributed by atoms with Gasteiger partial charge in [-0.2, -0.15) is 0 Å². The van der Waals surface area contributed by atoms with Crippen molar-refractivity contribution in [3.8, 4) is 11.5 Å². The van der Waals surface area contributed by atoms with Crippen LogP contribution in [0.3, 0.4) is 0 Å². The normalized spacial score (nSPS) is 11.3. The van der Waals surface area contributed by atoms with E-state index < -0.39 is 0 Å². The van der Waals surface area contributed by atoms with Gasteiger partial charge in [-0.05, 0) is 12.3 Å². The molecule has 0 aliphatic carbocycles. The molecule has 0 atom stereocenters. The lowest BCUT2D eigenvalue weighted by Gasteiger charge is -2.10. The number of benzene rings is 1. The van der Waals surface area contributed by atoms with Crippen LogP contribution in [0.2, 0.25) is 0 Å². The molecule has 1 aromatic heterocycles. The van der Waals surface area contributed by atoms with E-state index in [9.17, 15) is 0 Å². The number of ether oxygens (including phenoxy) is 2. The average Bonchev–Trinajstić information content (AvgIpc) is 2.76. The Labute approximate surface area is 126 Å². The van der Waals surface area contributed by atoms with Gasteiger partial charge in [-0.1, -0.05) is 26.7 Å². The third kappa shape index (κ3) is 3.40. The van der Waals surface area contributed by atoms with Crippen LogP contribution in [0, 0.1) is 5.92 Å². The molecule has 2 aromatic rings. The molecule has 5 nitrogen and oxygen atoms in total. The number of aryl methyl sites for hydroxylation is 1. The van der Waals surface area contributed by atoms with Crippen molar-refractivity contribution in [1.29, 1.82) is 0 Å². The van der Waals surface area contributed by atoms with Crippen LogP contribution in [-0.4, -0.2) is 23.8 Å². The molecule has 116 valence electrons. The maximum absolute atomic E-state index is 6.05. The van der Waals surface area contributed by atoms with Gasteiger partial charge in [0.05, 0.1) is 25.3 Å². The van der Waals surface area contributed by atoms with Crippen molar-refractivity contribution in [2.75, 3.05) is 20.0 Å². The van der Waals surface area contributed by atoms with Gasteiger partial charge >= 0.3 is 0 Å². The molecule has 0 fully saturated rings. The number of imidazole rings is 1. The Hall–Kier alpha value is -1.91. The van der Waals surface area contributed by atoms with Crippen LogP contribution in [0.15, 0.2) is 12.1 Å². The Morgan fingerprint density at radius 1 is 1.14 bits per heavy atom. The van der Waals surface area contributed by atoms with Gasteiger partial charge in [-0.25, -0.2) is 4.98 Å². The van der Waals surface area contributed by atoms with E-state index in [1.165, 1.54) is 12.8 Å². The third-order valence-electron chi connectivity index (χ3n) is 3.70. The molecule has 0 saturated carbocycles. The molecule has 0 radical (unpaired) electrons. The number of nitrogens with zero attached hydrogens (tertiary/aromatic N) is 2. The molecule has 1 heterocycles. The maximum atomic E-state index is 6.05. The summed E-state index contributed by atoms with van der Waals surface area (Å²) in [6, 6.07) is 3.81. The summed E-state index contributed by atoms with van der Waals surface area (Å²) in [6.45, 7) is 5.38. The largest absolute Gasteiger partial charge is 0.493 e. The lowest BCUT2D eigenvalue weighted by Crippen LogP contribution is -2.04. The molecule has 0 amide bonds.